The number of aliphatic imine (C=N–C) groups is 1. The van der Waals surface area contributed by atoms with Crippen molar-refractivity contribution in [2.24, 2.45) is 10.7 Å². The summed E-state index contributed by atoms with van der Waals surface area (Å²) in [5, 5.41) is 3.13. The summed E-state index contributed by atoms with van der Waals surface area (Å²) in [4.78, 5) is 6.91. The Morgan fingerprint density at radius 3 is 3.00 bits per heavy atom. The van der Waals surface area contributed by atoms with E-state index in [-0.39, 0.29) is 29.8 Å². The second-order valence-electron chi connectivity index (χ2n) is 5.72. The maximum absolute atomic E-state index is 13.5. The zero-order valence-corrected chi connectivity index (χ0v) is 17.4. The van der Waals surface area contributed by atoms with Crippen molar-refractivity contribution in [1.82, 2.24) is 10.2 Å². The Labute approximate surface area is 165 Å². The average Bonchev–Trinajstić information content (AvgIpc) is 3.02. The summed E-state index contributed by atoms with van der Waals surface area (Å²) in [6.07, 6.45) is 2.47. The highest BCUT2D eigenvalue weighted by Crippen LogP contribution is 2.16. The van der Waals surface area contributed by atoms with Crippen molar-refractivity contribution in [2.45, 2.75) is 31.6 Å². The number of guanidine groups is 1. The maximum Gasteiger partial charge on any atom is 0.188 e. The van der Waals surface area contributed by atoms with Crippen molar-refractivity contribution in [3.05, 3.63) is 35.6 Å². The number of nitrogens with two attached hydrogens (primary N) is 1. The lowest BCUT2D eigenvalue weighted by atomic mass is 10.2. The van der Waals surface area contributed by atoms with E-state index >= 15 is 0 Å². The normalized spacial score (nSPS) is 18.4. The molecule has 24 heavy (non-hydrogen) atoms. The van der Waals surface area contributed by atoms with Crippen LogP contribution in [0.3, 0.4) is 0 Å². The molecule has 0 spiro atoms. The summed E-state index contributed by atoms with van der Waals surface area (Å²) in [5.41, 5.74) is 6.66. The van der Waals surface area contributed by atoms with Crippen LogP contribution < -0.4 is 11.1 Å². The van der Waals surface area contributed by atoms with Gasteiger partial charge in [-0.05, 0) is 37.6 Å². The van der Waals surface area contributed by atoms with Crippen LogP contribution in [0.5, 0.6) is 0 Å². The topological polar surface area (TPSA) is 53.6 Å². The molecule has 0 aliphatic carbocycles. The van der Waals surface area contributed by atoms with Crippen LogP contribution in [0.25, 0.3) is 0 Å². The number of thioether (sulfide) groups is 1. The van der Waals surface area contributed by atoms with Gasteiger partial charge in [-0.15, -0.1) is 24.0 Å². The Balaban J connectivity index is 0.00000288. The van der Waals surface area contributed by atoms with Crippen LogP contribution in [-0.2, 0) is 5.75 Å². The number of likely N-dealkylation sites (N-methyl/N-ethyl adjacent to an activating group) is 1. The van der Waals surface area contributed by atoms with Crippen LogP contribution in [0.1, 0.15) is 25.3 Å². The third-order valence-electron chi connectivity index (χ3n) is 4.15. The third-order valence-corrected chi connectivity index (χ3v) is 5.15. The molecule has 1 aromatic carbocycles. The smallest absolute Gasteiger partial charge is 0.188 e. The predicted octanol–water partition coefficient (Wildman–Crippen LogP) is 3.07. The van der Waals surface area contributed by atoms with Crippen molar-refractivity contribution in [2.75, 3.05) is 31.9 Å². The molecule has 1 atom stereocenters. The van der Waals surface area contributed by atoms with Gasteiger partial charge < -0.3 is 11.1 Å². The van der Waals surface area contributed by atoms with E-state index in [1.165, 1.54) is 25.5 Å². The van der Waals surface area contributed by atoms with Crippen molar-refractivity contribution in [3.63, 3.8) is 0 Å². The molecule has 1 aliphatic rings. The minimum Gasteiger partial charge on any atom is -0.370 e. The van der Waals surface area contributed by atoms with Gasteiger partial charge >= 0.3 is 0 Å². The van der Waals surface area contributed by atoms with Crippen LogP contribution in [0.15, 0.2) is 29.3 Å². The Kier molecular flexibility index (Phi) is 10.7. The first-order valence-corrected chi connectivity index (χ1v) is 9.45. The van der Waals surface area contributed by atoms with E-state index in [9.17, 15) is 4.39 Å². The number of benzene rings is 1. The van der Waals surface area contributed by atoms with Gasteiger partial charge in [0.05, 0.1) is 6.54 Å². The van der Waals surface area contributed by atoms with E-state index in [4.69, 9.17) is 5.73 Å². The monoisotopic (exact) mass is 466 g/mol. The molecule has 0 amide bonds. The van der Waals surface area contributed by atoms with Crippen molar-refractivity contribution in [3.8, 4) is 0 Å². The summed E-state index contributed by atoms with van der Waals surface area (Å²) in [6.45, 7) is 5.97. The first kappa shape index (κ1) is 21.5. The summed E-state index contributed by atoms with van der Waals surface area (Å²) >= 11 is 1.69. The lowest BCUT2D eigenvalue weighted by Gasteiger charge is -2.20. The van der Waals surface area contributed by atoms with Crippen molar-refractivity contribution < 1.29 is 4.39 Å². The Morgan fingerprint density at radius 2 is 2.25 bits per heavy atom. The molecule has 1 aliphatic heterocycles. The number of hydrogen-bond donors (Lipinski definition) is 2. The molecule has 3 N–H and O–H groups in total. The van der Waals surface area contributed by atoms with Gasteiger partial charge in [-0.25, -0.2) is 4.39 Å². The average molecular weight is 466 g/mol. The lowest BCUT2D eigenvalue weighted by Crippen LogP contribution is -2.36. The SMILES string of the molecule is CCN1CCCC1CN=C(N)NCCSCc1ccccc1F.I. The van der Waals surface area contributed by atoms with Crippen molar-refractivity contribution >= 4 is 41.7 Å². The van der Waals surface area contributed by atoms with Gasteiger partial charge in [0.25, 0.3) is 0 Å². The molecule has 4 nitrogen and oxygen atoms in total. The molecule has 136 valence electrons. The van der Waals surface area contributed by atoms with E-state index in [2.05, 4.69) is 22.1 Å². The number of nitrogens with one attached hydrogen (secondary N) is 1. The molecule has 7 heteroatoms. The van der Waals surface area contributed by atoms with Crippen LogP contribution in [0.4, 0.5) is 4.39 Å². The molecular formula is C17H28FIN4S. The maximum atomic E-state index is 13.5. The molecule has 1 heterocycles. The van der Waals surface area contributed by atoms with E-state index in [0.717, 1.165) is 31.0 Å². The Hall–Kier alpha value is -0.540. The van der Waals surface area contributed by atoms with E-state index in [1.807, 2.05) is 12.1 Å². The molecule has 1 unspecified atom stereocenters. The molecule has 0 radical (unpaired) electrons. The number of hydrogen-bond acceptors (Lipinski definition) is 3. The van der Waals surface area contributed by atoms with Crippen molar-refractivity contribution in [1.29, 1.82) is 0 Å². The number of halogens is 2. The van der Waals surface area contributed by atoms with Gasteiger partial charge in [0.1, 0.15) is 5.82 Å². The van der Waals surface area contributed by atoms with E-state index < -0.39 is 0 Å². The highest BCUT2D eigenvalue weighted by molar-refractivity contribution is 14.0. The van der Waals surface area contributed by atoms with Crippen LogP contribution >= 0.6 is 35.7 Å². The molecule has 2 rings (SSSR count). The summed E-state index contributed by atoms with van der Waals surface area (Å²) in [5.74, 6) is 1.93. The van der Waals surface area contributed by atoms with Gasteiger partial charge in [-0.1, -0.05) is 25.1 Å². The molecule has 1 saturated heterocycles. The zero-order valence-electron chi connectivity index (χ0n) is 14.2. The van der Waals surface area contributed by atoms with E-state index in [0.29, 0.717) is 17.8 Å². The Morgan fingerprint density at radius 1 is 1.46 bits per heavy atom. The first-order valence-electron chi connectivity index (χ1n) is 8.29. The number of rotatable bonds is 8. The summed E-state index contributed by atoms with van der Waals surface area (Å²) in [6, 6.07) is 7.45. The predicted molar refractivity (Wildman–Crippen MR) is 113 cm³/mol. The minimum absolute atomic E-state index is 0. The fraction of sp³-hybridized carbons (Fsp3) is 0.588. The molecule has 0 aromatic heterocycles. The summed E-state index contributed by atoms with van der Waals surface area (Å²) < 4.78 is 13.5. The minimum atomic E-state index is -0.133. The molecule has 1 fully saturated rings. The highest BCUT2D eigenvalue weighted by atomic mass is 127. The molecule has 0 bridgehead atoms. The van der Waals surface area contributed by atoms with Gasteiger partial charge in [0, 0.05) is 24.1 Å². The van der Waals surface area contributed by atoms with Crippen LogP contribution in [0.2, 0.25) is 0 Å². The third kappa shape index (κ3) is 7.14. The quantitative estimate of drug-likeness (QED) is 0.268. The Bertz CT molecular complexity index is 515. The molecule has 1 aromatic rings. The molecular weight excluding hydrogens is 438 g/mol. The van der Waals surface area contributed by atoms with Crippen LogP contribution in [-0.4, -0.2) is 48.8 Å². The number of likely N-dealkylation sites (tertiary alicyclic amines) is 1. The summed E-state index contributed by atoms with van der Waals surface area (Å²) in [7, 11) is 0. The van der Waals surface area contributed by atoms with Crippen LogP contribution in [0, 0.1) is 5.82 Å². The van der Waals surface area contributed by atoms with Gasteiger partial charge in [0.2, 0.25) is 0 Å². The number of nitrogens with zero attached hydrogens (tertiary/aromatic N) is 2. The zero-order chi connectivity index (χ0) is 16.5. The van der Waals surface area contributed by atoms with Gasteiger partial charge in [-0.2, -0.15) is 11.8 Å². The van der Waals surface area contributed by atoms with Gasteiger partial charge in [-0.3, -0.25) is 9.89 Å². The standard InChI is InChI=1S/C17H27FN4S.HI/c1-2-22-10-5-7-15(22)12-21-17(19)20-9-11-23-13-14-6-3-4-8-16(14)18;/h3-4,6,8,15H,2,5,7,9-13H2,1H3,(H3,19,20,21);1H. The van der Waals surface area contributed by atoms with E-state index in [1.54, 1.807) is 17.8 Å². The first-order chi connectivity index (χ1) is 11.2. The molecule has 0 saturated carbocycles. The largest absolute Gasteiger partial charge is 0.370 e. The highest BCUT2D eigenvalue weighted by Gasteiger charge is 2.22. The second-order valence-corrected chi connectivity index (χ2v) is 6.83. The fourth-order valence-corrected chi connectivity index (χ4v) is 3.67. The lowest BCUT2D eigenvalue weighted by molar-refractivity contribution is 0.273. The van der Waals surface area contributed by atoms with Gasteiger partial charge in [0.15, 0.2) is 5.96 Å². The second kappa shape index (κ2) is 11.9. The fourth-order valence-electron chi connectivity index (χ4n) is 2.83.